The largest absolute Gasteiger partial charge is 0.493 e. The molecule has 23 heavy (non-hydrogen) atoms. The Morgan fingerprint density at radius 2 is 1.70 bits per heavy atom. The molecule has 0 aromatic heterocycles. The zero-order chi connectivity index (χ0) is 17.0. The highest BCUT2D eigenvalue weighted by Gasteiger charge is 2.26. The summed E-state index contributed by atoms with van der Waals surface area (Å²) in [6, 6.07) is 13.5. The van der Waals surface area contributed by atoms with Crippen LogP contribution in [0.25, 0.3) is 0 Å². The van der Waals surface area contributed by atoms with E-state index >= 15 is 0 Å². The molecule has 1 N–H and O–H groups in total. The maximum atomic E-state index is 12.6. The predicted octanol–water partition coefficient (Wildman–Crippen LogP) is 3.27. The molecule has 0 aliphatic rings. The van der Waals surface area contributed by atoms with Crippen LogP contribution in [-0.2, 0) is 0 Å². The molecule has 2 aromatic rings. The summed E-state index contributed by atoms with van der Waals surface area (Å²) in [5.41, 5.74) is -0.222. The number of ketones is 2. The van der Waals surface area contributed by atoms with Gasteiger partial charge in [0.1, 0.15) is 11.4 Å². The summed E-state index contributed by atoms with van der Waals surface area (Å²) in [5.74, 6) is -0.245. The number of benzene rings is 2. The second kappa shape index (κ2) is 6.75. The quantitative estimate of drug-likeness (QED) is 0.832. The molecule has 2 aromatic carbocycles. The summed E-state index contributed by atoms with van der Waals surface area (Å²) in [7, 11) is 0. The van der Waals surface area contributed by atoms with E-state index in [1.54, 1.807) is 43.3 Å². The van der Waals surface area contributed by atoms with E-state index in [2.05, 4.69) is 0 Å². The predicted molar refractivity (Wildman–Crippen MR) is 88.1 cm³/mol. The van der Waals surface area contributed by atoms with Crippen LogP contribution >= 0.6 is 0 Å². The maximum absolute atomic E-state index is 12.6. The molecule has 0 spiro atoms. The number of hydrogen-bond acceptors (Lipinski definition) is 4. The third kappa shape index (κ3) is 3.85. The fraction of sp³-hybridized carbons (Fsp3) is 0.263. The Bertz CT molecular complexity index is 712. The first kappa shape index (κ1) is 16.9. The molecule has 0 radical (unpaired) electrons. The van der Waals surface area contributed by atoms with Gasteiger partial charge in [-0.05, 0) is 32.9 Å². The summed E-state index contributed by atoms with van der Waals surface area (Å²) in [4.78, 5) is 24.8. The Kier molecular flexibility index (Phi) is 4.96. The fourth-order valence-corrected chi connectivity index (χ4v) is 2.22. The van der Waals surface area contributed by atoms with Gasteiger partial charge < -0.3 is 9.84 Å². The lowest BCUT2D eigenvalue weighted by Crippen LogP contribution is -2.31. The van der Waals surface area contributed by atoms with Gasteiger partial charge in [-0.3, -0.25) is 9.59 Å². The van der Waals surface area contributed by atoms with Crippen LogP contribution in [-0.4, -0.2) is 28.9 Å². The van der Waals surface area contributed by atoms with Crippen molar-refractivity contribution in [2.45, 2.75) is 26.4 Å². The molecule has 0 heterocycles. The van der Waals surface area contributed by atoms with Gasteiger partial charge in [0.15, 0.2) is 11.6 Å². The first-order valence-electron chi connectivity index (χ1n) is 7.48. The minimum absolute atomic E-state index is 0.170. The minimum atomic E-state index is -1.48. The van der Waals surface area contributed by atoms with Crippen LogP contribution in [0.15, 0.2) is 48.5 Å². The van der Waals surface area contributed by atoms with Crippen LogP contribution in [0.5, 0.6) is 5.75 Å². The normalized spacial score (nSPS) is 11.1. The van der Waals surface area contributed by atoms with E-state index in [1.165, 1.54) is 19.9 Å². The van der Waals surface area contributed by atoms with Gasteiger partial charge >= 0.3 is 0 Å². The molecular formula is C19H20O4. The first-order chi connectivity index (χ1) is 10.8. The number of ether oxygens (including phenoxy) is 1. The summed E-state index contributed by atoms with van der Waals surface area (Å²) in [6.45, 7) is 5.04. The van der Waals surface area contributed by atoms with Gasteiger partial charge in [-0.15, -0.1) is 0 Å². The third-order valence-electron chi connectivity index (χ3n) is 3.38. The first-order valence-corrected chi connectivity index (χ1v) is 7.48. The van der Waals surface area contributed by atoms with Gasteiger partial charge in [-0.2, -0.15) is 0 Å². The van der Waals surface area contributed by atoms with Crippen LogP contribution in [0.4, 0.5) is 0 Å². The van der Waals surface area contributed by atoms with Crippen molar-refractivity contribution in [1.82, 2.24) is 0 Å². The van der Waals surface area contributed by atoms with Crippen LogP contribution in [0, 0.1) is 0 Å². The molecule has 4 nitrogen and oxygen atoms in total. The van der Waals surface area contributed by atoms with Crippen molar-refractivity contribution in [2.24, 2.45) is 0 Å². The van der Waals surface area contributed by atoms with E-state index in [-0.39, 0.29) is 5.78 Å². The van der Waals surface area contributed by atoms with Crippen molar-refractivity contribution in [3.8, 4) is 5.75 Å². The average molecular weight is 312 g/mol. The van der Waals surface area contributed by atoms with Gasteiger partial charge in [0.05, 0.1) is 12.2 Å². The van der Waals surface area contributed by atoms with Crippen molar-refractivity contribution in [3.05, 3.63) is 65.2 Å². The van der Waals surface area contributed by atoms with Crippen LogP contribution in [0.2, 0.25) is 0 Å². The topological polar surface area (TPSA) is 63.6 Å². The van der Waals surface area contributed by atoms with Gasteiger partial charge in [0.2, 0.25) is 0 Å². The van der Waals surface area contributed by atoms with E-state index in [0.29, 0.717) is 29.0 Å². The third-order valence-corrected chi connectivity index (χ3v) is 3.38. The smallest absolute Gasteiger partial charge is 0.196 e. The fourth-order valence-electron chi connectivity index (χ4n) is 2.22. The zero-order valence-electron chi connectivity index (χ0n) is 13.5. The lowest BCUT2D eigenvalue weighted by molar-refractivity contribution is 0.0487. The maximum Gasteiger partial charge on any atom is 0.196 e. The molecule has 120 valence electrons. The highest BCUT2D eigenvalue weighted by Crippen LogP contribution is 2.25. The lowest BCUT2D eigenvalue weighted by atomic mass is 9.94. The standard InChI is InChI=1S/C19H20O4/c1-4-23-16-12-14(18(21)19(2,3)22)10-11-15(16)17(20)13-8-6-5-7-9-13/h5-12,22H,4H2,1-3H3. The molecule has 0 saturated carbocycles. The number of rotatable bonds is 6. The van der Waals surface area contributed by atoms with Crippen molar-refractivity contribution in [3.63, 3.8) is 0 Å². The highest BCUT2D eigenvalue weighted by molar-refractivity contribution is 6.11. The van der Waals surface area contributed by atoms with Crippen molar-refractivity contribution in [2.75, 3.05) is 6.61 Å². The molecule has 2 rings (SSSR count). The molecule has 0 saturated heterocycles. The van der Waals surface area contributed by atoms with Crippen molar-refractivity contribution < 1.29 is 19.4 Å². The van der Waals surface area contributed by atoms with Crippen LogP contribution in [0.1, 0.15) is 47.1 Å². The molecule has 0 amide bonds. The molecule has 0 atom stereocenters. The van der Waals surface area contributed by atoms with Gasteiger partial charge in [0, 0.05) is 11.1 Å². The lowest BCUT2D eigenvalue weighted by Gasteiger charge is -2.17. The Morgan fingerprint density at radius 1 is 1.04 bits per heavy atom. The van der Waals surface area contributed by atoms with Gasteiger partial charge in [0.25, 0.3) is 0 Å². The minimum Gasteiger partial charge on any atom is -0.493 e. The Balaban J connectivity index is 2.45. The molecule has 0 fully saturated rings. The number of carbonyl (C=O) groups is 2. The second-order valence-electron chi connectivity index (χ2n) is 5.73. The summed E-state index contributed by atoms with van der Waals surface area (Å²) < 4.78 is 5.53. The second-order valence-corrected chi connectivity index (χ2v) is 5.73. The van der Waals surface area contributed by atoms with Crippen molar-refractivity contribution in [1.29, 1.82) is 0 Å². The summed E-state index contributed by atoms with van der Waals surface area (Å²) in [5, 5.41) is 9.86. The Hall–Kier alpha value is -2.46. The molecule has 0 aliphatic carbocycles. The Morgan fingerprint density at radius 3 is 2.26 bits per heavy atom. The SMILES string of the molecule is CCOc1cc(C(=O)C(C)(C)O)ccc1C(=O)c1ccccc1. The van der Waals surface area contributed by atoms with Crippen molar-refractivity contribution >= 4 is 11.6 Å². The van der Waals surface area contributed by atoms with E-state index in [1.807, 2.05) is 6.07 Å². The van der Waals surface area contributed by atoms with Gasteiger partial charge in [-0.25, -0.2) is 0 Å². The highest BCUT2D eigenvalue weighted by atomic mass is 16.5. The monoisotopic (exact) mass is 312 g/mol. The Labute approximate surface area is 135 Å². The van der Waals surface area contributed by atoms with Gasteiger partial charge in [-0.1, -0.05) is 36.4 Å². The zero-order valence-corrected chi connectivity index (χ0v) is 13.5. The molecule has 0 bridgehead atoms. The van der Waals surface area contributed by atoms with Crippen LogP contribution < -0.4 is 4.74 Å². The number of hydrogen-bond donors (Lipinski definition) is 1. The van der Waals surface area contributed by atoms with E-state index in [4.69, 9.17) is 4.74 Å². The molecular weight excluding hydrogens is 292 g/mol. The number of carbonyl (C=O) groups excluding carboxylic acids is 2. The molecule has 0 unspecified atom stereocenters. The molecule has 0 aliphatic heterocycles. The average Bonchev–Trinajstić information content (AvgIpc) is 2.54. The summed E-state index contributed by atoms with van der Waals surface area (Å²) in [6.07, 6.45) is 0. The van der Waals surface area contributed by atoms with E-state index in [0.717, 1.165) is 0 Å². The van der Waals surface area contributed by atoms with Crippen LogP contribution in [0.3, 0.4) is 0 Å². The number of Topliss-reactive ketones (excluding diaryl/α,β-unsaturated/α-hetero) is 1. The van der Waals surface area contributed by atoms with E-state index < -0.39 is 11.4 Å². The molecule has 4 heteroatoms. The number of aliphatic hydroxyl groups is 1. The van der Waals surface area contributed by atoms with E-state index in [9.17, 15) is 14.7 Å². The summed E-state index contributed by atoms with van der Waals surface area (Å²) >= 11 is 0.